The molecule has 1 aromatic rings. The van der Waals surface area contributed by atoms with Crippen molar-refractivity contribution in [3.05, 3.63) is 23.8 Å². The van der Waals surface area contributed by atoms with Gasteiger partial charge in [-0.2, -0.15) is 0 Å². The van der Waals surface area contributed by atoms with E-state index in [4.69, 9.17) is 4.74 Å². The van der Waals surface area contributed by atoms with Gasteiger partial charge >= 0.3 is 0 Å². The van der Waals surface area contributed by atoms with E-state index < -0.39 is 11.6 Å². The van der Waals surface area contributed by atoms with Gasteiger partial charge in [-0.25, -0.2) is 8.78 Å². The zero-order valence-electron chi connectivity index (χ0n) is 7.03. The van der Waals surface area contributed by atoms with Crippen molar-refractivity contribution < 1.29 is 13.5 Å². The second-order valence-electron chi connectivity index (χ2n) is 2.49. The van der Waals surface area contributed by atoms with Crippen LogP contribution in [0.1, 0.15) is 6.92 Å². The molecule has 1 aromatic carbocycles. The summed E-state index contributed by atoms with van der Waals surface area (Å²) >= 11 is 0. The number of hydrogen-bond donors (Lipinski definition) is 0. The zero-order valence-corrected chi connectivity index (χ0v) is 7.03. The fourth-order valence-corrected chi connectivity index (χ4v) is 0.969. The molecule has 4 heteroatoms. The Morgan fingerprint density at radius 1 is 1.33 bits per heavy atom. The van der Waals surface area contributed by atoms with Crippen molar-refractivity contribution >= 4 is 13.3 Å². The van der Waals surface area contributed by atoms with Gasteiger partial charge in [-0.3, -0.25) is 0 Å². The lowest BCUT2D eigenvalue weighted by Crippen LogP contribution is -2.07. The third-order valence-corrected chi connectivity index (χ3v) is 1.43. The molecule has 0 spiro atoms. The van der Waals surface area contributed by atoms with Gasteiger partial charge in [0.1, 0.15) is 7.85 Å². The molecule has 0 atom stereocenters. The van der Waals surface area contributed by atoms with Crippen molar-refractivity contribution in [3.63, 3.8) is 0 Å². The fraction of sp³-hybridized carbons (Fsp3) is 0.250. The normalized spacial score (nSPS) is 9.92. The first-order valence-corrected chi connectivity index (χ1v) is 3.73. The summed E-state index contributed by atoms with van der Waals surface area (Å²) < 4.78 is 30.6. The minimum absolute atomic E-state index is 0.261. The van der Waals surface area contributed by atoms with Crippen LogP contribution in [0.3, 0.4) is 0 Å². The average molecular weight is 170 g/mol. The van der Waals surface area contributed by atoms with Crippen LogP contribution in [0.5, 0.6) is 5.75 Å². The van der Waals surface area contributed by atoms with E-state index in [1.165, 1.54) is 12.1 Å². The van der Waals surface area contributed by atoms with Gasteiger partial charge in [0.2, 0.25) is 0 Å². The van der Waals surface area contributed by atoms with E-state index in [0.29, 0.717) is 5.46 Å². The minimum atomic E-state index is -0.644. The average Bonchev–Trinajstić information content (AvgIpc) is 1.96. The van der Waals surface area contributed by atoms with Gasteiger partial charge in [-0.05, 0) is 19.1 Å². The Balaban J connectivity index is 3.10. The van der Waals surface area contributed by atoms with Crippen LogP contribution in [0.15, 0.2) is 12.1 Å². The highest BCUT2D eigenvalue weighted by molar-refractivity contribution is 6.32. The van der Waals surface area contributed by atoms with E-state index in [2.05, 4.69) is 0 Å². The lowest BCUT2D eigenvalue weighted by atomic mass is 9.96. The zero-order chi connectivity index (χ0) is 9.14. The fourth-order valence-electron chi connectivity index (χ4n) is 0.969. The smallest absolute Gasteiger partial charge is 0.190 e. The minimum Gasteiger partial charge on any atom is -0.488 e. The molecule has 0 saturated heterocycles. The van der Waals surface area contributed by atoms with Gasteiger partial charge in [0.25, 0.3) is 0 Å². The molecule has 0 aliphatic rings. The quantitative estimate of drug-likeness (QED) is 0.591. The van der Waals surface area contributed by atoms with Crippen molar-refractivity contribution in [3.8, 4) is 5.75 Å². The Bertz CT molecular complexity index is 265. The van der Waals surface area contributed by atoms with Crippen LogP contribution in [-0.2, 0) is 0 Å². The molecule has 0 radical (unpaired) electrons. The monoisotopic (exact) mass is 170 g/mol. The predicted octanol–water partition coefficient (Wildman–Crippen LogP) is 0.622. The standard InChI is InChI=1S/C8H9BF2O/c1-2-12-8-6(10)3-5(9)4-7(8)11/h3-4H,2,9H2,1H3. The largest absolute Gasteiger partial charge is 0.488 e. The van der Waals surface area contributed by atoms with Crippen LogP contribution in [0, 0.1) is 11.6 Å². The molecule has 12 heavy (non-hydrogen) atoms. The van der Waals surface area contributed by atoms with E-state index in [9.17, 15) is 8.78 Å². The van der Waals surface area contributed by atoms with Gasteiger partial charge < -0.3 is 4.74 Å². The molecular weight excluding hydrogens is 161 g/mol. The van der Waals surface area contributed by atoms with Gasteiger partial charge in [-0.15, -0.1) is 0 Å². The van der Waals surface area contributed by atoms with E-state index in [0.717, 1.165) is 0 Å². The molecule has 0 aliphatic carbocycles. The van der Waals surface area contributed by atoms with Crippen molar-refractivity contribution in [2.75, 3.05) is 6.61 Å². The number of ether oxygens (including phenoxy) is 1. The van der Waals surface area contributed by atoms with Gasteiger partial charge in [0.05, 0.1) is 6.61 Å². The molecule has 0 aromatic heterocycles. The summed E-state index contributed by atoms with van der Waals surface area (Å²) in [6.07, 6.45) is 0. The topological polar surface area (TPSA) is 9.23 Å². The molecule has 1 rings (SSSR count). The van der Waals surface area contributed by atoms with Gasteiger partial charge in [0, 0.05) is 0 Å². The molecular formula is C8H9BF2O. The maximum Gasteiger partial charge on any atom is 0.190 e. The van der Waals surface area contributed by atoms with E-state index in [1.54, 1.807) is 14.8 Å². The summed E-state index contributed by atoms with van der Waals surface area (Å²) in [6, 6.07) is 2.49. The Hall–Kier alpha value is -1.06. The highest BCUT2D eigenvalue weighted by Gasteiger charge is 2.09. The molecule has 0 unspecified atom stereocenters. The molecule has 64 valence electrons. The van der Waals surface area contributed by atoms with Crippen LogP contribution < -0.4 is 10.2 Å². The molecule has 0 saturated carbocycles. The number of benzene rings is 1. The predicted molar refractivity (Wildman–Crippen MR) is 45.7 cm³/mol. The Kier molecular flexibility index (Phi) is 2.68. The Morgan fingerprint density at radius 3 is 2.25 bits per heavy atom. The Morgan fingerprint density at radius 2 is 1.83 bits per heavy atom. The third kappa shape index (κ3) is 1.75. The molecule has 1 nitrogen and oxygen atoms in total. The van der Waals surface area contributed by atoms with E-state index in [1.807, 2.05) is 0 Å². The summed E-state index contributed by atoms with van der Waals surface area (Å²) in [6.45, 7) is 1.94. The first kappa shape index (κ1) is 9.04. The molecule has 0 aliphatic heterocycles. The van der Waals surface area contributed by atoms with Gasteiger partial charge in [0.15, 0.2) is 17.4 Å². The van der Waals surface area contributed by atoms with Crippen LogP contribution in [0.4, 0.5) is 8.78 Å². The first-order chi connectivity index (χ1) is 5.65. The van der Waals surface area contributed by atoms with Gasteiger partial charge in [-0.1, -0.05) is 5.46 Å². The van der Waals surface area contributed by atoms with Crippen LogP contribution in [0.25, 0.3) is 0 Å². The molecule has 0 amide bonds. The maximum atomic E-state index is 12.9. The Labute approximate surface area is 70.8 Å². The second-order valence-corrected chi connectivity index (χ2v) is 2.49. The van der Waals surface area contributed by atoms with E-state index in [-0.39, 0.29) is 12.4 Å². The lowest BCUT2D eigenvalue weighted by Gasteiger charge is -2.06. The van der Waals surface area contributed by atoms with Crippen LogP contribution in [0.2, 0.25) is 0 Å². The summed E-state index contributed by atoms with van der Waals surface area (Å²) in [5, 5.41) is 0. The maximum absolute atomic E-state index is 12.9. The molecule has 0 fully saturated rings. The van der Waals surface area contributed by atoms with Crippen molar-refractivity contribution in [2.24, 2.45) is 0 Å². The highest BCUT2D eigenvalue weighted by atomic mass is 19.1. The molecule has 0 heterocycles. The van der Waals surface area contributed by atoms with Crippen molar-refractivity contribution in [1.29, 1.82) is 0 Å². The number of halogens is 2. The van der Waals surface area contributed by atoms with E-state index >= 15 is 0 Å². The molecule has 0 N–H and O–H groups in total. The summed E-state index contributed by atoms with van der Waals surface area (Å²) in [4.78, 5) is 0. The van der Waals surface area contributed by atoms with Crippen molar-refractivity contribution in [2.45, 2.75) is 6.92 Å². The second kappa shape index (κ2) is 3.56. The van der Waals surface area contributed by atoms with Crippen molar-refractivity contribution in [1.82, 2.24) is 0 Å². The SMILES string of the molecule is Bc1cc(F)c(OCC)c(F)c1. The third-order valence-electron chi connectivity index (χ3n) is 1.43. The lowest BCUT2D eigenvalue weighted by molar-refractivity contribution is 0.303. The summed E-state index contributed by atoms with van der Waals surface area (Å²) in [5.41, 5.74) is 0.549. The number of rotatable bonds is 2. The van der Waals surface area contributed by atoms with Crippen LogP contribution >= 0.6 is 0 Å². The highest BCUT2D eigenvalue weighted by Crippen LogP contribution is 2.19. The number of hydrogen-bond acceptors (Lipinski definition) is 1. The summed E-state index contributed by atoms with van der Waals surface area (Å²) in [7, 11) is 1.63. The first-order valence-electron chi connectivity index (χ1n) is 3.73. The summed E-state index contributed by atoms with van der Waals surface area (Å²) in [5.74, 6) is -1.58. The molecule has 0 bridgehead atoms. The van der Waals surface area contributed by atoms with Crippen LogP contribution in [-0.4, -0.2) is 14.5 Å².